The molecule has 9 heteroatoms. The summed E-state index contributed by atoms with van der Waals surface area (Å²) in [7, 11) is -3.12. The second-order valence-electron chi connectivity index (χ2n) is 12.8. The fraction of sp³-hybridized carbons (Fsp3) is 0.667. The molecule has 0 aromatic carbocycles. The van der Waals surface area contributed by atoms with Gasteiger partial charge in [-0.2, -0.15) is 20.4 Å². The summed E-state index contributed by atoms with van der Waals surface area (Å²) in [5.41, 5.74) is 10.1. The van der Waals surface area contributed by atoms with E-state index < -0.39 is 8.07 Å². The molecule has 4 rings (SSSR count). The van der Waals surface area contributed by atoms with E-state index in [0.29, 0.717) is 0 Å². The molecule has 4 aromatic rings. The van der Waals surface area contributed by atoms with Crippen LogP contribution in [-0.2, 0) is 51.4 Å². The zero-order valence-corrected chi connectivity index (χ0v) is 30.6. The highest BCUT2D eigenvalue weighted by molar-refractivity contribution is 7.21. The molecule has 0 fully saturated rings. The Morgan fingerprint density at radius 3 is 0.711 bits per heavy atom. The lowest BCUT2D eigenvalue weighted by molar-refractivity contribution is 0.845. The van der Waals surface area contributed by atoms with Crippen molar-refractivity contribution < 1.29 is 0 Å². The van der Waals surface area contributed by atoms with Crippen LogP contribution < -0.4 is 20.7 Å². The first-order valence-corrected chi connectivity index (χ1v) is 20.3. The fourth-order valence-corrected chi connectivity index (χ4v) is 14.1. The van der Waals surface area contributed by atoms with Crippen LogP contribution in [0.15, 0.2) is 0 Å². The smallest absolute Gasteiger partial charge is 0.196 e. The highest BCUT2D eigenvalue weighted by atomic mass is 28.3. The molecule has 0 radical (unpaired) electrons. The third kappa shape index (κ3) is 6.65. The maximum atomic E-state index is 5.19. The van der Waals surface area contributed by atoms with Gasteiger partial charge in [-0.3, -0.25) is 20.4 Å². The van der Waals surface area contributed by atoms with E-state index in [1.54, 1.807) is 0 Å². The van der Waals surface area contributed by atoms with Crippen LogP contribution >= 0.6 is 0 Å². The first-order chi connectivity index (χ1) is 22.0. The van der Waals surface area contributed by atoms with Gasteiger partial charge in [0.2, 0.25) is 0 Å². The quantitative estimate of drug-likeness (QED) is 0.0953. The van der Waals surface area contributed by atoms with Gasteiger partial charge in [0, 0.05) is 22.8 Å². The van der Waals surface area contributed by atoms with Crippen LogP contribution in [0.25, 0.3) is 0 Å². The Morgan fingerprint density at radius 1 is 0.333 bits per heavy atom. The van der Waals surface area contributed by atoms with Gasteiger partial charge in [-0.1, -0.05) is 107 Å². The van der Waals surface area contributed by atoms with Crippen molar-refractivity contribution in [1.82, 2.24) is 40.8 Å². The fourth-order valence-electron chi connectivity index (χ4n) is 7.60. The summed E-state index contributed by atoms with van der Waals surface area (Å²) in [6.45, 7) is 18.3. The van der Waals surface area contributed by atoms with Crippen molar-refractivity contribution >= 4 is 28.8 Å². The average molecular weight is 633 g/mol. The average Bonchev–Trinajstić information content (AvgIpc) is 3.81. The maximum absolute atomic E-state index is 5.19. The standard InChI is InChI=1S/C36H60N8Si/c1-9-17-25-33(26(18-10-2)38-37-25)45(34-27(19-11-3)39-40-28(34)20-12-4,35-29(21-13-5)41-42-30(35)22-14-6)36-31(23-15-7)43-44-32(36)24-16-8/h9-24H2,1-8H3,(H,37,38)(H,39,40)(H,41,42)(H,43,44). The third-order valence-corrected chi connectivity index (χ3v) is 14.5. The van der Waals surface area contributed by atoms with E-state index in [4.69, 9.17) is 20.4 Å². The van der Waals surface area contributed by atoms with Gasteiger partial charge >= 0.3 is 0 Å². The van der Waals surface area contributed by atoms with Crippen LogP contribution in [0, 0.1) is 0 Å². The molecular formula is C36H60N8Si. The molecule has 8 nitrogen and oxygen atoms in total. The number of H-pyrrole nitrogens is 4. The van der Waals surface area contributed by atoms with Gasteiger partial charge in [0.15, 0.2) is 8.07 Å². The first-order valence-electron chi connectivity index (χ1n) is 18.3. The van der Waals surface area contributed by atoms with Crippen LogP contribution in [0.4, 0.5) is 0 Å². The van der Waals surface area contributed by atoms with Crippen LogP contribution in [0.1, 0.15) is 152 Å². The predicted octanol–water partition coefficient (Wildman–Crippen LogP) is 5.58. The second kappa shape index (κ2) is 16.6. The van der Waals surface area contributed by atoms with Gasteiger partial charge < -0.3 is 0 Å². The van der Waals surface area contributed by atoms with E-state index in [-0.39, 0.29) is 0 Å². The lowest BCUT2D eigenvalue weighted by Crippen LogP contribution is -2.79. The van der Waals surface area contributed by atoms with E-state index >= 15 is 0 Å². The summed E-state index contributed by atoms with van der Waals surface area (Å²) < 4.78 is 0. The lowest BCUT2D eigenvalue weighted by Gasteiger charge is -2.37. The Labute approximate surface area is 272 Å². The Balaban J connectivity index is 2.42. The van der Waals surface area contributed by atoms with Gasteiger partial charge in [-0.15, -0.1) is 0 Å². The zero-order valence-electron chi connectivity index (χ0n) is 29.6. The Hall–Kier alpha value is -2.94. The number of nitrogens with zero attached hydrogens (tertiary/aromatic N) is 4. The summed E-state index contributed by atoms with van der Waals surface area (Å²) in [6.07, 6.45) is 16.1. The van der Waals surface area contributed by atoms with E-state index in [9.17, 15) is 0 Å². The number of aromatic amines is 4. The molecule has 0 bridgehead atoms. The summed E-state index contributed by atoms with van der Waals surface area (Å²) in [5, 5.41) is 41.2. The van der Waals surface area contributed by atoms with Gasteiger partial charge in [-0.25, -0.2) is 0 Å². The van der Waals surface area contributed by atoms with Crippen molar-refractivity contribution in [2.75, 3.05) is 0 Å². The molecule has 0 aliphatic carbocycles. The number of nitrogens with one attached hydrogen (secondary N) is 4. The first kappa shape index (κ1) is 34.9. The van der Waals surface area contributed by atoms with Crippen molar-refractivity contribution in [3.8, 4) is 0 Å². The van der Waals surface area contributed by atoms with E-state index in [1.165, 1.54) is 66.3 Å². The summed E-state index contributed by atoms with van der Waals surface area (Å²) in [4.78, 5) is 0. The summed E-state index contributed by atoms with van der Waals surface area (Å²) in [6, 6.07) is 0. The van der Waals surface area contributed by atoms with Gasteiger partial charge in [0.1, 0.15) is 0 Å². The number of aromatic nitrogens is 8. The highest BCUT2D eigenvalue weighted by Gasteiger charge is 2.54. The molecule has 0 aliphatic heterocycles. The minimum atomic E-state index is -3.12. The molecular weight excluding hydrogens is 573 g/mol. The second-order valence-corrected chi connectivity index (χ2v) is 16.3. The van der Waals surface area contributed by atoms with Gasteiger partial charge in [0.25, 0.3) is 0 Å². The molecule has 4 N–H and O–H groups in total. The van der Waals surface area contributed by atoms with E-state index in [1.807, 2.05) is 0 Å². The molecule has 4 aromatic heterocycles. The monoisotopic (exact) mass is 632 g/mol. The number of aryl methyl sites for hydroxylation is 8. The molecule has 0 saturated carbocycles. The number of hydrogen-bond donors (Lipinski definition) is 4. The largest absolute Gasteiger partial charge is 0.282 e. The molecule has 0 unspecified atom stereocenters. The van der Waals surface area contributed by atoms with Crippen LogP contribution in [-0.4, -0.2) is 48.9 Å². The summed E-state index contributed by atoms with van der Waals surface area (Å²) in [5.74, 6) is 0. The molecule has 0 saturated heterocycles. The lowest BCUT2D eigenvalue weighted by atomic mass is 10.2. The minimum absolute atomic E-state index is 0.947. The Morgan fingerprint density at radius 2 is 0.533 bits per heavy atom. The molecule has 0 atom stereocenters. The molecule has 0 amide bonds. The molecule has 0 spiro atoms. The van der Waals surface area contributed by atoms with Crippen molar-refractivity contribution in [3.05, 3.63) is 45.6 Å². The van der Waals surface area contributed by atoms with Gasteiger partial charge in [0.05, 0.1) is 22.8 Å². The summed E-state index contributed by atoms with van der Waals surface area (Å²) >= 11 is 0. The van der Waals surface area contributed by atoms with Crippen LogP contribution in [0.2, 0.25) is 0 Å². The topological polar surface area (TPSA) is 115 Å². The number of hydrogen-bond acceptors (Lipinski definition) is 4. The predicted molar refractivity (Wildman–Crippen MR) is 191 cm³/mol. The van der Waals surface area contributed by atoms with E-state index in [2.05, 4.69) is 75.8 Å². The van der Waals surface area contributed by atoms with Crippen molar-refractivity contribution in [2.24, 2.45) is 0 Å². The van der Waals surface area contributed by atoms with Crippen molar-refractivity contribution in [3.63, 3.8) is 0 Å². The van der Waals surface area contributed by atoms with Gasteiger partial charge in [-0.05, 0) is 72.1 Å². The zero-order chi connectivity index (χ0) is 32.4. The maximum Gasteiger partial charge on any atom is 0.196 e. The van der Waals surface area contributed by atoms with Crippen molar-refractivity contribution in [1.29, 1.82) is 0 Å². The Kier molecular flexibility index (Phi) is 12.9. The molecule has 4 heterocycles. The van der Waals surface area contributed by atoms with Crippen LogP contribution in [0.5, 0.6) is 0 Å². The normalized spacial score (nSPS) is 12.1. The van der Waals surface area contributed by atoms with Crippen LogP contribution in [0.3, 0.4) is 0 Å². The minimum Gasteiger partial charge on any atom is -0.282 e. The molecule has 0 aliphatic rings. The SMILES string of the molecule is CCCc1n[nH]c(CCC)c1[Si](c1c(CCC)n[nH]c1CCC)(c1c(CCC)n[nH]c1CCC)c1c(CCC)n[nH]c1CCC. The molecule has 45 heavy (non-hydrogen) atoms. The Bertz CT molecular complexity index is 1160. The van der Waals surface area contributed by atoms with Crippen molar-refractivity contribution in [2.45, 2.75) is 158 Å². The third-order valence-electron chi connectivity index (χ3n) is 9.11. The van der Waals surface area contributed by atoms with E-state index in [0.717, 1.165) is 103 Å². The number of rotatable bonds is 20. The molecule has 248 valence electrons. The highest BCUT2D eigenvalue weighted by Crippen LogP contribution is 2.25.